The maximum absolute atomic E-state index is 5.52. The first kappa shape index (κ1) is 9.91. The first-order valence-electron chi connectivity index (χ1n) is 3.87. The molecule has 0 nitrogen and oxygen atoms in total. The lowest BCUT2D eigenvalue weighted by atomic mass is 10.6. The lowest BCUT2D eigenvalue weighted by Gasteiger charge is -2.36. The van der Waals surface area contributed by atoms with Crippen LogP contribution in [-0.4, -0.2) is 16.8 Å². The van der Waals surface area contributed by atoms with E-state index in [9.17, 15) is 0 Å². The molecule has 1 heteroatoms. The van der Waals surface area contributed by atoms with E-state index in [-0.39, 0.29) is 0 Å². The Labute approximate surface area is 66.7 Å². The molecule has 0 aromatic heterocycles. The smallest absolute Gasteiger partial charge is 0.00667 e. The van der Waals surface area contributed by atoms with Gasteiger partial charge in [-0.05, 0) is 16.8 Å². The number of terminal acetylenes is 1. The van der Waals surface area contributed by atoms with Crippen LogP contribution < -0.4 is 0 Å². The highest BCUT2D eigenvalue weighted by Crippen LogP contribution is 2.50. The quantitative estimate of drug-likeness (QED) is 0.554. The van der Waals surface area contributed by atoms with Crippen LogP contribution in [0.4, 0.5) is 0 Å². The van der Waals surface area contributed by atoms with Crippen LogP contribution in [0.1, 0.15) is 27.7 Å². The van der Waals surface area contributed by atoms with Crippen LogP contribution in [0, 0.1) is 11.7 Å². The van der Waals surface area contributed by atoms with Gasteiger partial charge in [-0.15, -0.1) is 6.42 Å². The minimum absolute atomic E-state index is 0.687. The Morgan fingerprint density at radius 1 is 1.30 bits per heavy atom. The van der Waals surface area contributed by atoms with E-state index < -0.39 is 10.0 Å². The summed E-state index contributed by atoms with van der Waals surface area (Å²) in [4.78, 5) is 0. The molecule has 0 aliphatic heterocycles. The predicted octanol–water partition coefficient (Wildman–Crippen LogP) is 2.83. The van der Waals surface area contributed by atoms with Crippen molar-refractivity contribution in [1.82, 2.24) is 0 Å². The van der Waals surface area contributed by atoms with Crippen molar-refractivity contribution >= 4 is 10.0 Å². The van der Waals surface area contributed by atoms with Crippen LogP contribution in [0.3, 0.4) is 0 Å². The second kappa shape index (κ2) is 3.93. The molecule has 0 saturated heterocycles. The van der Waals surface area contributed by atoms with Crippen molar-refractivity contribution in [3.63, 3.8) is 0 Å². The minimum atomic E-state index is -0.699. The molecule has 0 aliphatic carbocycles. The highest BCUT2D eigenvalue weighted by atomic mass is 32.3. The molecule has 10 heavy (non-hydrogen) atoms. The molecule has 0 aromatic rings. The molecule has 0 radical (unpaired) electrons. The summed E-state index contributed by atoms with van der Waals surface area (Å²) in [5.74, 6) is 2.36. The molecule has 0 rings (SSSR count). The Bertz CT molecular complexity index is 126. The molecule has 0 atom stereocenters. The molecular formula is C9H18S. The molecule has 0 amide bonds. The van der Waals surface area contributed by atoms with Crippen LogP contribution in [0.2, 0.25) is 0 Å². The summed E-state index contributed by atoms with van der Waals surface area (Å²) < 4.78 is 0. The zero-order valence-corrected chi connectivity index (χ0v) is 8.29. The minimum Gasteiger partial charge on any atom is -0.176 e. The fourth-order valence-electron chi connectivity index (χ4n) is 1.17. The first-order chi connectivity index (χ1) is 4.63. The van der Waals surface area contributed by atoms with Crippen molar-refractivity contribution in [3.05, 3.63) is 0 Å². The molecule has 0 unspecified atom stereocenters. The van der Waals surface area contributed by atoms with Crippen molar-refractivity contribution in [1.29, 1.82) is 0 Å². The van der Waals surface area contributed by atoms with Crippen molar-refractivity contribution in [2.24, 2.45) is 0 Å². The zero-order chi connectivity index (χ0) is 8.20. The molecule has 0 spiro atoms. The normalized spacial score (nSPS) is 13.2. The number of rotatable bonds is 3. The van der Waals surface area contributed by atoms with E-state index in [0.29, 0.717) is 5.25 Å². The van der Waals surface area contributed by atoms with Gasteiger partial charge in [-0.1, -0.05) is 32.9 Å². The van der Waals surface area contributed by atoms with E-state index in [4.69, 9.17) is 6.42 Å². The van der Waals surface area contributed by atoms with Gasteiger partial charge in [0, 0.05) is 0 Å². The molecular weight excluding hydrogens is 140 g/mol. The van der Waals surface area contributed by atoms with Gasteiger partial charge in [-0.3, -0.25) is 0 Å². The second-order valence-corrected chi connectivity index (χ2v) is 6.91. The predicted molar refractivity (Wildman–Crippen MR) is 52.6 cm³/mol. The highest BCUT2D eigenvalue weighted by molar-refractivity contribution is 8.37. The van der Waals surface area contributed by atoms with E-state index in [2.05, 4.69) is 32.9 Å². The summed E-state index contributed by atoms with van der Waals surface area (Å²) in [6, 6.07) is 0. The highest BCUT2D eigenvalue weighted by Gasteiger charge is 2.20. The third-order valence-electron chi connectivity index (χ3n) is 2.17. The van der Waals surface area contributed by atoms with Crippen molar-refractivity contribution < 1.29 is 0 Å². The van der Waals surface area contributed by atoms with Gasteiger partial charge in [0.05, 0.1) is 0 Å². The topological polar surface area (TPSA) is 0 Å². The summed E-state index contributed by atoms with van der Waals surface area (Å²) in [7, 11) is -0.699. The van der Waals surface area contributed by atoms with Crippen molar-refractivity contribution in [3.8, 4) is 11.7 Å². The number of hydrogen-bond acceptors (Lipinski definition) is 0. The van der Waals surface area contributed by atoms with Crippen LogP contribution >= 0.6 is 10.0 Å². The average Bonchev–Trinajstić information content (AvgIpc) is 1.92. The molecule has 0 N–H and O–H groups in total. The van der Waals surface area contributed by atoms with E-state index >= 15 is 0 Å². The number of hydrogen-bond donors (Lipinski definition) is 0. The fourth-order valence-corrected chi connectivity index (χ4v) is 3.52. The Kier molecular flexibility index (Phi) is 3.89. The molecule has 0 aromatic carbocycles. The fraction of sp³-hybridized carbons (Fsp3) is 0.778. The van der Waals surface area contributed by atoms with E-state index in [1.54, 1.807) is 0 Å². The first-order valence-corrected chi connectivity index (χ1v) is 5.91. The van der Waals surface area contributed by atoms with Gasteiger partial charge in [0.25, 0.3) is 0 Å². The molecule has 0 fully saturated rings. The summed E-state index contributed by atoms with van der Waals surface area (Å²) in [5, 5.41) is 3.69. The van der Waals surface area contributed by atoms with Gasteiger partial charge in [-0.2, -0.15) is 10.0 Å². The van der Waals surface area contributed by atoms with Crippen LogP contribution in [0.25, 0.3) is 0 Å². The SMILES string of the molecule is C#CS(CC)(CC)C(C)C. The van der Waals surface area contributed by atoms with Crippen molar-refractivity contribution in [2.45, 2.75) is 32.9 Å². The molecule has 0 heterocycles. The van der Waals surface area contributed by atoms with E-state index in [1.807, 2.05) is 0 Å². The maximum Gasteiger partial charge on any atom is -0.00667 e. The van der Waals surface area contributed by atoms with Crippen LogP contribution in [0.15, 0.2) is 0 Å². The van der Waals surface area contributed by atoms with Crippen LogP contribution in [-0.2, 0) is 0 Å². The second-order valence-electron chi connectivity index (χ2n) is 2.69. The zero-order valence-electron chi connectivity index (χ0n) is 7.48. The lowest BCUT2D eigenvalue weighted by Crippen LogP contribution is -2.14. The van der Waals surface area contributed by atoms with Gasteiger partial charge < -0.3 is 0 Å². The van der Waals surface area contributed by atoms with E-state index in [1.165, 1.54) is 11.5 Å². The van der Waals surface area contributed by atoms with Gasteiger partial charge in [-0.25, -0.2) is 0 Å². The van der Waals surface area contributed by atoms with Gasteiger partial charge in [0.2, 0.25) is 0 Å². The lowest BCUT2D eigenvalue weighted by molar-refractivity contribution is 1.08. The van der Waals surface area contributed by atoms with Gasteiger partial charge in [0.15, 0.2) is 0 Å². The summed E-state index contributed by atoms with van der Waals surface area (Å²) in [5.41, 5.74) is 0. The van der Waals surface area contributed by atoms with Gasteiger partial charge >= 0.3 is 0 Å². The molecule has 0 aliphatic rings. The maximum atomic E-state index is 5.52. The van der Waals surface area contributed by atoms with E-state index in [0.717, 1.165) is 0 Å². The monoisotopic (exact) mass is 158 g/mol. The summed E-state index contributed by atoms with van der Waals surface area (Å²) in [6.07, 6.45) is 5.52. The summed E-state index contributed by atoms with van der Waals surface area (Å²) >= 11 is 0. The Morgan fingerprint density at radius 2 is 1.70 bits per heavy atom. The standard InChI is InChI=1S/C9H18S/c1-6-10(7-2,8-3)9(4)5/h1,9H,7-8H2,2-5H3. The Morgan fingerprint density at radius 3 is 1.70 bits per heavy atom. The largest absolute Gasteiger partial charge is 0.176 e. The Hall–Kier alpha value is -0.0900. The third kappa shape index (κ3) is 1.70. The molecule has 0 saturated carbocycles. The molecule has 0 bridgehead atoms. The van der Waals surface area contributed by atoms with Crippen molar-refractivity contribution in [2.75, 3.05) is 11.5 Å². The van der Waals surface area contributed by atoms with Gasteiger partial charge in [0.1, 0.15) is 0 Å². The summed E-state index contributed by atoms with van der Waals surface area (Å²) in [6.45, 7) is 8.89. The molecule has 60 valence electrons. The Balaban J connectivity index is 4.35. The average molecular weight is 158 g/mol. The third-order valence-corrected chi connectivity index (χ3v) is 6.50. The van der Waals surface area contributed by atoms with Crippen LogP contribution in [0.5, 0.6) is 0 Å².